The maximum Gasteiger partial charge on any atom is 0.306 e. The van der Waals surface area contributed by atoms with Gasteiger partial charge in [-0.3, -0.25) is 14.6 Å². The first-order valence-electron chi connectivity index (χ1n) is 15.1. The molecule has 2 fully saturated rings. The number of ether oxygens (including phenoxy) is 1. The molecule has 5 nitrogen and oxygen atoms in total. The smallest absolute Gasteiger partial charge is 0.306 e. The molecule has 1 amide bonds. The molecule has 5 rings (SSSR count). The fraction of sp³-hybridized carbons (Fsp3) is 0.606. The van der Waals surface area contributed by atoms with Gasteiger partial charge in [0.05, 0.1) is 5.69 Å². The number of pyridine rings is 1. The second-order valence-corrected chi connectivity index (χ2v) is 15.4. The fourth-order valence-electron chi connectivity index (χ4n) is 7.15. The van der Waals surface area contributed by atoms with Crippen LogP contribution in [0.2, 0.25) is 5.02 Å². The third kappa shape index (κ3) is 7.75. The van der Waals surface area contributed by atoms with Crippen LogP contribution in [-0.4, -0.2) is 40.5 Å². The Hall–Kier alpha value is -1.44. The highest BCUT2D eigenvalue weighted by Crippen LogP contribution is 2.46. The number of carbonyl (C=O) groups is 2. The minimum Gasteiger partial charge on any atom is -0.460 e. The molecule has 0 radical (unpaired) electrons. The Morgan fingerprint density at radius 2 is 1.59 bits per heavy atom. The summed E-state index contributed by atoms with van der Waals surface area (Å²) in [5.74, 6) is 1.57. The number of nitrogens with zero attached hydrogens (tertiary/aromatic N) is 2. The molecule has 0 spiro atoms. The molecule has 2 heterocycles. The molecule has 1 saturated carbocycles. The highest BCUT2D eigenvalue weighted by atomic mass is 79.9. The predicted octanol–water partition coefficient (Wildman–Crippen LogP) is 8.66. The van der Waals surface area contributed by atoms with Gasteiger partial charge in [-0.25, -0.2) is 0 Å². The maximum absolute atomic E-state index is 13.4. The Morgan fingerprint density at radius 3 is 2.24 bits per heavy atom. The van der Waals surface area contributed by atoms with Gasteiger partial charge >= 0.3 is 5.97 Å². The van der Waals surface area contributed by atoms with Crippen LogP contribution in [0.3, 0.4) is 0 Å². The van der Waals surface area contributed by atoms with Gasteiger partial charge < -0.3 is 9.64 Å². The molecule has 222 valence electrons. The molecule has 1 atom stereocenters. The lowest BCUT2D eigenvalue weighted by atomic mass is 9.76. The van der Waals surface area contributed by atoms with E-state index in [9.17, 15) is 9.59 Å². The number of piperidine rings is 1. The Morgan fingerprint density at radius 1 is 0.951 bits per heavy atom. The number of esters is 1. The summed E-state index contributed by atoms with van der Waals surface area (Å²) >= 11 is 13.9. The highest BCUT2D eigenvalue weighted by molar-refractivity contribution is 9.10. The summed E-state index contributed by atoms with van der Waals surface area (Å²) in [6.45, 7) is 7.32. The highest BCUT2D eigenvalue weighted by Gasteiger charge is 2.37. The molecular weight excluding hydrogens is 668 g/mol. The molecule has 1 aromatic carbocycles. The van der Waals surface area contributed by atoms with Gasteiger partial charge in [0.15, 0.2) is 0 Å². The van der Waals surface area contributed by atoms with Gasteiger partial charge in [0.25, 0.3) is 0 Å². The Labute approximate surface area is 266 Å². The summed E-state index contributed by atoms with van der Waals surface area (Å²) in [6.07, 6.45) is 10.9. The van der Waals surface area contributed by atoms with E-state index in [-0.39, 0.29) is 17.8 Å². The molecular formula is C33H41Br2ClN2O3. The SMILES string of the molecule is CC(C)(C)OC(=O)CC1CCC(CC(=O)N2CCC([C@H]3c4ncc(Br)cc4CCc4cc(Cl)cc(Br)c43)CC2)CC1. The summed E-state index contributed by atoms with van der Waals surface area (Å²) in [6, 6.07) is 6.35. The first kappa shape index (κ1) is 31.0. The van der Waals surface area contributed by atoms with Crippen LogP contribution in [0.4, 0.5) is 0 Å². The van der Waals surface area contributed by atoms with Crippen molar-refractivity contribution in [3.05, 3.63) is 60.7 Å². The number of aromatic nitrogens is 1. The second kappa shape index (κ2) is 13.1. The topological polar surface area (TPSA) is 59.5 Å². The number of halogens is 3. The van der Waals surface area contributed by atoms with Gasteiger partial charge in [-0.15, -0.1) is 0 Å². The molecule has 2 aliphatic carbocycles. The number of likely N-dealkylation sites (tertiary alicyclic amines) is 1. The molecule has 1 saturated heterocycles. The number of carbonyl (C=O) groups excluding carboxylic acids is 2. The quantitative estimate of drug-likeness (QED) is 0.292. The fourth-order valence-corrected chi connectivity index (χ4v) is 8.65. The van der Waals surface area contributed by atoms with E-state index in [1.54, 1.807) is 0 Å². The normalized spacial score (nSPS) is 23.4. The Bertz CT molecular complexity index is 1280. The minimum atomic E-state index is -0.436. The van der Waals surface area contributed by atoms with Crippen molar-refractivity contribution in [2.45, 2.75) is 96.5 Å². The molecule has 2 aromatic rings. The molecule has 1 aliphatic heterocycles. The van der Waals surface area contributed by atoms with Gasteiger partial charge in [-0.05, 0) is 141 Å². The molecule has 41 heavy (non-hydrogen) atoms. The maximum atomic E-state index is 13.4. The van der Waals surface area contributed by atoms with Crippen LogP contribution >= 0.6 is 43.5 Å². The van der Waals surface area contributed by atoms with Crippen molar-refractivity contribution in [2.24, 2.45) is 17.8 Å². The van der Waals surface area contributed by atoms with Crippen molar-refractivity contribution < 1.29 is 14.3 Å². The average molecular weight is 709 g/mol. The van der Waals surface area contributed by atoms with Gasteiger partial charge in [-0.2, -0.15) is 0 Å². The summed E-state index contributed by atoms with van der Waals surface area (Å²) in [5, 5.41) is 0.758. The molecule has 0 bridgehead atoms. The van der Waals surface area contributed by atoms with Crippen LogP contribution in [0.15, 0.2) is 33.3 Å². The summed E-state index contributed by atoms with van der Waals surface area (Å²) in [4.78, 5) is 32.6. The predicted molar refractivity (Wildman–Crippen MR) is 170 cm³/mol. The number of hydrogen-bond donors (Lipinski definition) is 0. The zero-order chi connectivity index (χ0) is 29.3. The zero-order valence-electron chi connectivity index (χ0n) is 24.4. The first-order valence-corrected chi connectivity index (χ1v) is 17.0. The third-order valence-corrected chi connectivity index (χ3v) is 10.4. The van der Waals surface area contributed by atoms with Gasteiger partial charge in [0.2, 0.25) is 5.91 Å². The van der Waals surface area contributed by atoms with Gasteiger partial charge in [0.1, 0.15) is 5.60 Å². The van der Waals surface area contributed by atoms with Gasteiger partial charge in [-0.1, -0.05) is 27.5 Å². The molecule has 3 aliphatic rings. The lowest BCUT2D eigenvalue weighted by Gasteiger charge is -2.38. The standard InChI is InChI=1S/C33H41Br2ClN2O3/c1-33(2,3)41-29(40)15-21-6-4-20(5-7-21)14-28(39)38-12-10-22(11-13-38)31-30-23(17-26(36)18-27(30)35)8-9-24-16-25(34)19-37-32(24)31/h16-22,31H,4-15H2,1-3H3/t20?,21?,31-/m1/s1. The lowest BCUT2D eigenvalue weighted by Crippen LogP contribution is -2.41. The van der Waals surface area contributed by atoms with Gasteiger partial charge in [0, 0.05) is 52.0 Å². The Kier molecular flexibility index (Phi) is 9.87. The van der Waals surface area contributed by atoms with Crippen molar-refractivity contribution in [3.63, 3.8) is 0 Å². The second-order valence-electron chi connectivity index (χ2n) is 13.2. The van der Waals surface area contributed by atoms with Crippen molar-refractivity contribution in [1.29, 1.82) is 0 Å². The van der Waals surface area contributed by atoms with E-state index in [4.69, 9.17) is 21.3 Å². The molecule has 0 unspecified atom stereocenters. The van der Waals surface area contributed by atoms with E-state index in [1.807, 2.05) is 33.0 Å². The van der Waals surface area contributed by atoms with Crippen LogP contribution in [0.1, 0.15) is 100 Å². The lowest BCUT2D eigenvalue weighted by molar-refractivity contribution is -0.156. The number of benzene rings is 1. The van der Waals surface area contributed by atoms with Crippen molar-refractivity contribution in [2.75, 3.05) is 13.1 Å². The largest absolute Gasteiger partial charge is 0.460 e. The summed E-state index contributed by atoms with van der Waals surface area (Å²) in [7, 11) is 0. The van der Waals surface area contributed by atoms with Crippen LogP contribution in [0.5, 0.6) is 0 Å². The van der Waals surface area contributed by atoms with E-state index in [0.29, 0.717) is 30.6 Å². The number of hydrogen-bond acceptors (Lipinski definition) is 4. The molecule has 1 aromatic heterocycles. The van der Waals surface area contributed by atoms with Crippen LogP contribution in [0, 0.1) is 17.8 Å². The Balaban J connectivity index is 1.19. The number of fused-ring (bicyclic) bond motifs is 2. The van der Waals surface area contributed by atoms with E-state index in [0.717, 1.165) is 78.4 Å². The first-order chi connectivity index (χ1) is 19.5. The molecule has 0 N–H and O–H groups in total. The van der Waals surface area contributed by atoms with Crippen LogP contribution in [-0.2, 0) is 27.2 Å². The van der Waals surface area contributed by atoms with Crippen LogP contribution in [0.25, 0.3) is 0 Å². The van der Waals surface area contributed by atoms with Crippen molar-refractivity contribution in [3.8, 4) is 0 Å². The van der Waals surface area contributed by atoms with Crippen LogP contribution < -0.4 is 0 Å². The van der Waals surface area contributed by atoms with E-state index < -0.39 is 5.60 Å². The van der Waals surface area contributed by atoms with Crippen molar-refractivity contribution in [1.82, 2.24) is 9.88 Å². The number of aryl methyl sites for hydroxylation is 2. The minimum absolute atomic E-state index is 0.100. The zero-order valence-corrected chi connectivity index (χ0v) is 28.3. The number of amides is 1. The van der Waals surface area contributed by atoms with E-state index >= 15 is 0 Å². The summed E-state index contributed by atoms with van der Waals surface area (Å²) < 4.78 is 7.58. The third-order valence-electron chi connectivity index (χ3n) is 9.09. The van der Waals surface area contributed by atoms with Crippen molar-refractivity contribution >= 4 is 55.3 Å². The average Bonchev–Trinajstić information content (AvgIpc) is 3.05. The number of rotatable bonds is 5. The van der Waals surface area contributed by atoms with E-state index in [1.165, 1.54) is 22.4 Å². The monoisotopic (exact) mass is 706 g/mol. The molecule has 8 heteroatoms. The summed E-state index contributed by atoms with van der Waals surface area (Å²) in [5.41, 5.74) is 4.64. The van der Waals surface area contributed by atoms with E-state index in [2.05, 4.69) is 48.9 Å².